The molecule has 1 aliphatic carbocycles. The smallest absolute Gasteiger partial charge is 0.416 e. The highest BCUT2D eigenvalue weighted by Gasteiger charge is 2.30. The summed E-state index contributed by atoms with van der Waals surface area (Å²) in [5.74, 6) is -1.90. The van der Waals surface area contributed by atoms with Gasteiger partial charge in [0.15, 0.2) is 0 Å². The van der Waals surface area contributed by atoms with Crippen LogP contribution in [-0.2, 0) is 17.4 Å². The summed E-state index contributed by atoms with van der Waals surface area (Å²) in [5.41, 5.74) is -0.420. The lowest BCUT2D eigenvalue weighted by atomic mass is 9.90. The van der Waals surface area contributed by atoms with E-state index in [0.29, 0.717) is 28.9 Å². The Kier molecular flexibility index (Phi) is 8.00. The predicted octanol–water partition coefficient (Wildman–Crippen LogP) is 6.38. The fraction of sp³-hybridized carbons (Fsp3) is 0.357. The number of nitrogens with one attached hydrogen (secondary N) is 1. The Hall–Kier alpha value is -3.62. The third-order valence-corrected chi connectivity index (χ3v) is 6.69. The minimum absolute atomic E-state index is 0.105. The molecule has 1 amide bonds. The van der Waals surface area contributed by atoms with E-state index in [4.69, 9.17) is 4.74 Å². The van der Waals surface area contributed by atoms with Crippen LogP contribution >= 0.6 is 0 Å². The van der Waals surface area contributed by atoms with Gasteiger partial charge < -0.3 is 15.2 Å². The van der Waals surface area contributed by atoms with Crippen LogP contribution in [0.1, 0.15) is 53.6 Å². The van der Waals surface area contributed by atoms with Crippen molar-refractivity contribution in [2.45, 2.75) is 50.7 Å². The average Bonchev–Trinajstić information content (AvgIpc) is 2.86. The molecular formula is C28H27F4NO4. The van der Waals surface area contributed by atoms with E-state index in [-0.39, 0.29) is 17.7 Å². The second-order valence-corrected chi connectivity index (χ2v) is 9.39. The average molecular weight is 518 g/mol. The van der Waals surface area contributed by atoms with E-state index in [9.17, 15) is 32.3 Å². The van der Waals surface area contributed by atoms with E-state index in [2.05, 4.69) is 5.32 Å². The number of carbonyl (C=O) groups is 2. The first-order chi connectivity index (χ1) is 17.6. The van der Waals surface area contributed by atoms with Gasteiger partial charge in [-0.05, 0) is 66.1 Å². The van der Waals surface area contributed by atoms with Gasteiger partial charge in [-0.3, -0.25) is 4.79 Å². The molecule has 1 fully saturated rings. The van der Waals surface area contributed by atoms with Gasteiger partial charge in [-0.2, -0.15) is 13.2 Å². The molecule has 1 unspecified atom stereocenters. The molecule has 196 valence electrons. The van der Waals surface area contributed by atoms with Crippen molar-refractivity contribution in [3.05, 3.63) is 77.1 Å². The molecule has 1 atom stereocenters. The Morgan fingerprint density at radius 2 is 1.70 bits per heavy atom. The number of benzene rings is 3. The fourth-order valence-electron chi connectivity index (χ4n) is 4.66. The number of hydrogen-bond acceptors (Lipinski definition) is 3. The van der Waals surface area contributed by atoms with E-state index >= 15 is 0 Å². The largest absolute Gasteiger partial charge is 0.492 e. The van der Waals surface area contributed by atoms with Crippen LogP contribution in [0.4, 0.5) is 17.6 Å². The van der Waals surface area contributed by atoms with E-state index < -0.39 is 35.5 Å². The number of hydrogen-bond donors (Lipinski definition) is 2. The number of carbonyl (C=O) groups excluding carboxylic acids is 1. The van der Waals surface area contributed by atoms with Crippen molar-refractivity contribution in [3.63, 3.8) is 0 Å². The number of rotatable bonds is 8. The molecule has 0 aliphatic heterocycles. The number of amides is 1. The van der Waals surface area contributed by atoms with Gasteiger partial charge in [0.25, 0.3) is 5.91 Å². The van der Waals surface area contributed by atoms with Crippen LogP contribution < -0.4 is 10.1 Å². The fourth-order valence-corrected chi connectivity index (χ4v) is 4.66. The van der Waals surface area contributed by atoms with Crippen LogP contribution in [0.15, 0.2) is 54.6 Å². The number of carboxylic acid groups (broad SMARTS) is 1. The molecule has 2 N–H and O–H groups in total. The molecule has 9 heteroatoms. The predicted molar refractivity (Wildman–Crippen MR) is 130 cm³/mol. The van der Waals surface area contributed by atoms with Crippen LogP contribution in [0.5, 0.6) is 5.75 Å². The summed E-state index contributed by atoms with van der Waals surface area (Å²) < 4.78 is 58.5. The third kappa shape index (κ3) is 6.58. The molecular weight excluding hydrogens is 490 g/mol. The number of halogens is 4. The number of fused-ring (bicyclic) bond motifs is 1. The minimum atomic E-state index is -4.51. The van der Waals surface area contributed by atoms with Gasteiger partial charge in [-0.15, -0.1) is 0 Å². The normalized spacial score (nSPS) is 15.4. The second-order valence-electron chi connectivity index (χ2n) is 9.39. The maximum atomic E-state index is 13.8. The highest BCUT2D eigenvalue weighted by atomic mass is 19.4. The molecule has 0 heterocycles. The zero-order valence-corrected chi connectivity index (χ0v) is 20.0. The number of alkyl halides is 3. The van der Waals surface area contributed by atoms with Crippen molar-refractivity contribution in [1.29, 1.82) is 0 Å². The molecule has 3 aromatic carbocycles. The highest BCUT2D eigenvalue weighted by Crippen LogP contribution is 2.33. The molecule has 37 heavy (non-hydrogen) atoms. The topological polar surface area (TPSA) is 75.6 Å². The molecule has 0 radical (unpaired) electrons. The summed E-state index contributed by atoms with van der Waals surface area (Å²) in [6.07, 6.45) is 0.679. The van der Waals surface area contributed by atoms with E-state index in [1.807, 2.05) is 0 Å². The summed E-state index contributed by atoms with van der Waals surface area (Å²) in [5, 5.41) is 13.2. The third-order valence-electron chi connectivity index (χ3n) is 6.69. The second kappa shape index (κ2) is 11.2. The van der Waals surface area contributed by atoms with Crippen LogP contribution in [-0.4, -0.2) is 29.6 Å². The summed E-state index contributed by atoms with van der Waals surface area (Å²) in [4.78, 5) is 25.1. The van der Waals surface area contributed by atoms with Gasteiger partial charge in [0.2, 0.25) is 0 Å². The molecule has 4 rings (SSSR count). The van der Waals surface area contributed by atoms with Crippen molar-refractivity contribution >= 4 is 22.6 Å². The molecule has 1 saturated carbocycles. The summed E-state index contributed by atoms with van der Waals surface area (Å²) in [7, 11) is 0. The quantitative estimate of drug-likeness (QED) is 0.340. The zero-order chi connectivity index (χ0) is 26.6. The van der Waals surface area contributed by atoms with Crippen LogP contribution in [0, 0.1) is 11.7 Å². The maximum Gasteiger partial charge on any atom is 0.416 e. The summed E-state index contributed by atoms with van der Waals surface area (Å²) in [6.45, 7) is 0.380. The number of carboxylic acids is 1. The highest BCUT2D eigenvalue weighted by molar-refractivity contribution is 6.04. The molecule has 0 bridgehead atoms. The Balaban J connectivity index is 1.57. The molecule has 1 aliphatic rings. The van der Waals surface area contributed by atoms with Gasteiger partial charge >= 0.3 is 12.1 Å². The monoisotopic (exact) mass is 517 g/mol. The molecule has 5 nitrogen and oxygen atoms in total. The van der Waals surface area contributed by atoms with Crippen molar-refractivity contribution in [2.24, 2.45) is 5.92 Å². The summed E-state index contributed by atoms with van der Waals surface area (Å²) in [6, 6.07) is 9.87. The van der Waals surface area contributed by atoms with Gasteiger partial charge in [-0.25, -0.2) is 9.18 Å². The van der Waals surface area contributed by atoms with Gasteiger partial charge in [0.1, 0.15) is 17.6 Å². The molecule has 0 saturated heterocycles. The first kappa shape index (κ1) is 26.4. The molecule has 0 aromatic heterocycles. The zero-order valence-electron chi connectivity index (χ0n) is 20.0. The van der Waals surface area contributed by atoms with Gasteiger partial charge in [0, 0.05) is 11.8 Å². The van der Waals surface area contributed by atoms with Crippen molar-refractivity contribution in [2.75, 3.05) is 6.61 Å². The van der Waals surface area contributed by atoms with Crippen LogP contribution in [0.3, 0.4) is 0 Å². The van der Waals surface area contributed by atoms with E-state index in [1.165, 1.54) is 42.8 Å². The van der Waals surface area contributed by atoms with Crippen molar-refractivity contribution in [3.8, 4) is 5.75 Å². The summed E-state index contributed by atoms with van der Waals surface area (Å²) >= 11 is 0. The van der Waals surface area contributed by atoms with E-state index in [0.717, 1.165) is 37.8 Å². The standard InChI is InChI=1S/C28H27F4NO4/c29-21-11-13-22-19(15-21)8-12-23(25(22)37-16-18-4-2-1-3-5-18)26(34)33-24(27(35)36)14-17-6-9-20(10-7-17)28(30,31)32/h6-13,15,18,24H,1-5,14,16H2,(H,33,34)(H,35,36). The van der Waals surface area contributed by atoms with Crippen molar-refractivity contribution in [1.82, 2.24) is 5.32 Å². The lowest BCUT2D eigenvalue weighted by molar-refractivity contribution is -0.139. The number of aliphatic carboxylic acids is 1. The first-order valence-electron chi connectivity index (χ1n) is 12.2. The number of ether oxygens (including phenoxy) is 1. The minimum Gasteiger partial charge on any atom is -0.492 e. The molecule has 3 aromatic rings. The Bertz CT molecular complexity index is 1270. The Morgan fingerprint density at radius 3 is 2.35 bits per heavy atom. The van der Waals surface area contributed by atoms with Gasteiger partial charge in [0.05, 0.1) is 17.7 Å². The first-order valence-corrected chi connectivity index (χ1v) is 12.2. The van der Waals surface area contributed by atoms with Gasteiger partial charge in [-0.1, -0.05) is 37.5 Å². The van der Waals surface area contributed by atoms with E-state index in [1.54, 1.807) is 6.07 Å². The lowest BCUT2D eigenvalue weighted by Gasteiger charge is -2.23. The maximum absolute atomic E-state index is 13.8. The van der Waals surface area contributed by atoms with Crippen molar-refractivity contribution < 1.29 is 37.0 Å². The Morgan fingerprint density at radius 1 is 1.00 bits per heavy atom. The molecule has 0 spiro atoms. The Labute approximate surface area is 211 Å². The van der Waals surface area contributed by atoms with Crippen LogP contribution in [0.25, 0.3) is 10.8 Å². The SMILES string of the molecule is O=C(NC(Cc1ccc(C(F)(F)F)cc1)C(=O)O)c1ccc2cc(F)ccc2c1OCC1CCCCC1. The lowest BCUT2D eigenvalue weighted by Crippen LogP contribution is -2.42. The van der Waals surface area contributed by atoms with Crippen LogP contribution in [0.2, 0.25) is 0 Å².